The Labute approximate surface area is 146 Å². The highest BCUT2D eigenvalue weighted by atomic mass is 16.5. The van der Waals surface area contributed by atoms with Gasteiger partial charge in [-0.1, -0.05) is 13.8 Å². The molecule has 0 bridgehead atoms. The molecule has 1 fully saturated rings. The number of nitrogens with one attached hydrogen (secondary N) is 1. The minimum atomic E-state index is -1.57. The van der Waals surface area contributed by atoms with E-state index in [1.165, 1.54) is 5.48 Å². The van der Waals surface area contributed by atoms with E-state index in [-0.39, 0.29) is 11.8 Å². The molecule has 1 aliphatic heterocycles. The molecule has 2 atom stereocenters. The molecule has 0 spiro atoms. The minimum absolute atomic E-state index is 0.120. The number of hydroxylamine groups is 1. The van der Waals surface area contributed by atoms with Crippen molar-refractivity contribution in [3.8, 4) is 0 Å². The molecule has 2 heterocycles. The number of aliphatic hydroxyl groups excluding tert-OH is 1. The lowest BCUT2D eigenvalue weighted by molar-refractivity contribution is -0.151. The van der Waals surface area contributed by atoms with Crippen molar-refractivity contribution in [3.05, 3.63) is 18.5 Å². The maximum atomic E-state index is 12.8. The van der Waals surface area contributed by atoms with Gasteiger partial charge in [0.1, 0.15) is 6.10 Å². The number of aromatic nitrogens is 2. The number of aliphatic hydroxyl groups is 1. The zero-order valence-electron chi connectivity index (χ0n) is 14.5. The Bertz CT molecular complexity index is 575. The average molecular weight is 351 g/mol. The van der Waals surface area contributed by atoms with Crippen LogP contribution in [0.4, 0.5) is 5.95 Å². The fourth-order valence-electron chi connectivity index (χ4n) is 2.94. The lowest BCUT2D eigenvalue weighted by Crippen LogP contribution is -2.53. The highest BCUT2D eigenvalue weighted by Crippen LogP contribution is 2.21. The molecule has 9 heteroatoms. The van der Waals surface area contributed by atoms with Gasteiger partial charge in [-0.05, 0) is 18.4 Å². The van der Waals surface area contributed by atoms with Crippen LogP contribution in [0.3, 0.4) is 0 Å². The second-order valence-electron chi connectivity index (χ2n) is 6.52. The van der Waals surface area contributed by atoms with Crippen LogP contribution in [0.25, 0.3) is 0 Å². The fourth-order valence-corrected chi connectivity index (χ4v) is 2.94. The van der Waals surface area contributed by atoms with Crippen LogP contribution in [-0.2, 0) is 9.59 Å². The summed E-state index contributed by atoms with van der Waals surface area (Å²) in [5, 5.41) is 18.8. The first kappa shape index (κ1) is 19.1. The Morgan fingerprint density at radius 1 is 1.20 bits per heavy atom. The van der Waals surface area contributed by atoms with Crippen LogP contribution in [0, 0.1) is 11.8 Å². The van der Waals surface area contributed by atoms with Crippen molar-refractivity contribution in [2.45, 2.75) is 26.4 Å². The number of piperazine rings is 1. The van der Waals surface area contributed by atoms with Crippen LogP contribution in [0.5, 0.6) is 0 Å². The number of nitrogens with zero attached hydrogens (tertiary/aromatic N) is 4. The maximum Gasteiger partial charge on any atom is 0.272 e. The molecule has 9 nitrogen and oxygen atoms in total. The first-order valence-electron chi connectivity index (χ1n) is 8.36. The molecule has 0 aromatic carbocycles. The van der Waals surface area contributed by atoms with Gasteiger partial charge in [0, 0.05) is 38.6 Å². The third kappa shape index (κ3) is 4.86. The Balaban J connectivity index is 2.01. The van der Waals surface area contributed by atoms with Gasteiger partial charge >= 0.3 is 0 Å². The molecule has 1 aromatic rings. The third-order valence-electron chi connectivity index (χ3n) is 4.23. The normalized spacial score (nSPS) is 17.3. The van der Waals surface area contributed by atoms with Gasteiger partial charge in [0.05, 0.1) is 5.92 Å². The molecule has 0 unspecified atom stereocenters. The lowest BCUT2D eigenvalue weighted by Gasteiger charge is -2.37. The Morgan fingerprint density at radius 2 is 1.80 bits per heavy atom. The number of hydrogen-bond donors (Lipinski definition) is 3. The van der Waals surface area contributed by atoms with Crippen LogP contribution in [0.15, 0.2) is 18.5 Å². The molecule has 0 aliphatic carbocycles. The van der Waals surface area contributed by atoms with Crippen LogP contribution in [0.1, 0.15) is 20.3 Å². The Morgan fingerprint density at radius 3 is 2.32 bits per heavy atom. The highest BCUT2D eigenvalue weighted by Gasteiger charge is 2.36. The fraction of sp³-hybridized carbons (Fsp3) is 0.625. The smallest absolute Gasteiger partial charge is 0.272 e. The molecule has 3 N–H and O–H groups in total. The summed E-state index contributed by atoms with van der Waals surface area (Å²) in [5.41, 5.74) is 1.42. The monoisotopic (exact) mass is 351 g/mol. The van der Waals surface area contributed by atoms with E-state index in [2.05, 4.69) is 9.97 Å². The van der Waals surface area contributed by atoms with Gasteiger partial charge in [-0.25, -0.2) is 15.4 Å². The van der Waals surface area contributed by atoms with E-state index >= 15 is 0 Å². The minimum Gasteiger partial charge on any atom is -0.382 e. The number of amides is 2. The standard InChI is InChI=1S/C16H25N5O4/c1-11(2)10-12(13(22)14(23)19-25)15(24)20-6-8-21(9-7-20)16-17-4-3-5-18-16/h3-5,11-13,22,25H,6-10H2,1-2H3,(H,19,23)/t12-,13+/m0/s1. The van der Waals surface area contributed by atoms with Crippen molar-refractivity contribution in [2.75, 3.05) is 31.1 Å². The van der Waals surface area contributed by atoms with Crippen molar-refractivity contribution < 1.29 is 19.9 Å². The summed E-state index contributed by atoms with van der Waals surface area (Å²) >= 11 is 0. The van der Waals surface area contributed by atoms with E-state index in [9.17, 15) is 14.7 Å². The molecule has 0 saturated carbocycles. The number of carbonyl (C=O) groups excluding carboxylic acids is 2. The largest absolute Gasteiger partial charge is 0.382 e. The van der Waals surface area contributed by atoms with Crippen molar-refractivity contribution >= 4 is 17.8 Å². The zero-order valence-corrected chi connectivity index (χ0v) is 14.5. The first-order chi connectivity index (χ1) is 11.9. The van der Waals surface area contributed by atoms with Crippen molar-refractivity contribution in [3.63, 3.8) is 0 Å². The quantitative estimate of drug-likeness (QED) is 0.473. The van der Waals surface area contributed by atoms with E-state index < -0.39 is 17.9 Å². The Kier molecular flexibility index (Phi) is 6.65. The van der Waals surface area contributed by atoms with Gasteiger partial charge in [0.2, 0.25) is 11.9 Å². The molecule has 25 heavy (non-hydrogen) atoms. The number of hydrogen-bond acceptors (Lipinski definition) is 7. The van der Waals surface area contributed by atoms with Crippen LogP contribution >= 0.6 is 0 Å². The predicted molar refractivity (Wildman–Crippen MR) is 89.7 cm³/mol. The third-order valence-corrected chi connectivity index (χ3v) is 4.23. The van der Waals surface area contributed by atoms with Crippen molar-refractivity contribution in [1.29, 1.82) is 0 Å². The topological polar surface area (TPSA) is 119 Å². The highest BCUT2D eigenvalue weighted by molar-refractivity contribution is 5.88. The summed E-state index contributed by atoms with van der Waals surface area (Å²) in [6, 6.07) is 1.74. The van der Waals surface area contributed by atoms with Gasteiger partial charge in [-0.15, -0.1) is 0 Å². The van der Waals surface area contributed by atoms with E-state index in [4.69, 9.17) is 5.21 Å². The first-order valence-corrected chi connectivity index (χ1v) is 8.36. The van der Waals surface area contributed by atoms with E-state index in [0.717, 1.165) is 0 Å². The van der Waals surface area contributed by atoms with Crippen molar-refractivity contribution in [2.24, 2.45) is 11.8 Å². The van der Waals surface area contributed by atoms with Gasteiger partial charge < -0.3 is 14.9 Å². The number of anilines is 1. The second-order valence-corrected chi connectivity index (χ2v) is 6.52. The molecule has 0 radical (unpaired) electrons. The molecule has 1 aliphatic rings. The van der Waals surface area contributed by atoms with Gasteiger partial charge in [-0.2, -0.15) is 0 Å². The molecule has 1 saturated heterocycles. The maximum absolute atomic E-state index is 12.8. The van der Waals surface area contributed by atoms with Crippen LogP contribution in [0.2, 0.25) is 0 Å². The number of rotatable bonds is 6. The molecule has 138 valence electrons. The Hall–Kier alpha value is -2.26. The van der Waals surface area contributed by atoms with E-state index in [1.807, 2.05) is 18.7 Å². The summed E-state index contributed by atoms with van der Waals surface area (Å²) in [6.45, 7) is 5.89. The lowest BCUT2D eigenvalue weighted by atomic mass is 9.90. The van der Waals surface area contributed by atoms with Gasteiger partial charge in [0.25, 0.3) is 5.91 Å². The van der Waals surface area contributed by atoms with E-state index in [0.29, 0.717) is 38.5 Å². The summed E-state index contributed by atoms with van der Waals surface area (Å²) in [6.07, 6.45) is 2.12. The predicted octanol–water partition coefficient (Wildman–Crippen LogP) is -0.346. The summed E-state index contributed by atoms with van der Waals surface area (Å²) in [5.74, 6) is -1.39. The van der Waals surface area contributed by atoms with Crippen molar-refractivity contribution in [1.82, 2.24) is 20.3 Å². The molecular weight excluding hydrogens is 326 g/mol. The second kappa shape index (κ2) is 8.72. The summed E-state index contributed by atoms with van der Waals surface area (Å²) in [4.78, 5) is 36.4. The van der Waals surface area contributed by atoms with Gasteiger partial charge in [0.15, 0.2) is 0 Å². The average Bonchev–Trinajstić information content (AvgIpc) is 2.65. The molecule has 2 rings (SSSR count). The van der Waals surface area contributed by atoms with E-state index in [1.54, 1.807) is 23.4 Å². The SMILES string of the molecule is CC(C)C[C@H](C(=O)N1CCN(c2ncccn2)CC1)[C@@H](O)C(=O)NO. The molecular formula is C16H25N5O4. The molecule has 1 aromatic heterocycles. The zero-order chi connectivity index (χ0) is 18.4. The number of carbonyl (C=O) groups is 2. The van der Waals surface area contributed by atoms with Gasteiger partial charge in [-0.3, -0.25) is 14.8 Å². The summed E-state index contributed by atoms with van der Waals surface area (Å²) in [7, 11) is 0. The van der Waals surface area contributed by atoms with Crippen LogP contribution in [-0.4, -0.2) is 69.3 Å². The molecule has 2 amide bonds. The van der Waals surface area contributed by atoms with Crippen LogP contribution < -0.4 is 10.4 Å². The summed E-state index contributed by atoms with van der Waals surface area (Å²) < 4.78 is 0.